The summed E-state index contributed by atoms with van der Waals surface area (Å²) in [4.78, 5) is 10.2. The van der Waals surface area contributed by atoms with Crippen LogP contribution in [0.3, 0.4) is 0 Å². The van der Waals surface area contributed by atoms with E-state index in [-0.39, 0.29) is 0 Å². The lowest BCUT2D eigenvalue weighted by Crippen LogP contribution is -2.18. The second kappa shape index (κ2) is 4.71. The van der Waals surface area contributed by atoms with Gasteiger partial charge in [0.1, 0.15) is 10.8 Å². The summed E-state index contributed by atoms with van der Waals surface area (Å²) < 4.78 is 5.15. The number of anilines is 1. The van der Waals surface area contributed by atoms with Crippen LogP contribution >= 0.6 is 11.6 Å². The van der Waals surface area contributed by atoms with Gasteiger partial charge in [0.05, 0.1) is 18.4 Å². The Morgan fingerprint density at radius 3 is 2.82 bits per heavy atom. The van der Waals surface area contributed by atoms with Crippen molar-refractivity contribution in [3.63, 3.8) is 0 Å². The predicted octanol–water partition coefficient (Wildman–Crippen LogP) is 2.37. The van der Waals surface area contributed by atoms with Crippen molar-refractivity contribution in [2.24, 2.45) is 0 Å². The highest BCUT2D eigenvalue weighted by molar-refractivity contribution is 6.32. The lowest BCUT2D eigenvalue weighted by molar-refractivity contribution is 0.379. The standard InChI is InChI=1S/C11H13ClN4O/c1-7-4-9(17-15-7)6-16(3)11-10(12)5-13-8(2)14-11/h4-5H,6H2,1-3H3. The largest absolute Gasteiger partial charge is 0.359 e. The third-order valence-electron chi connectivity index (χ3n) is 2.28. The van der Waals surface area contributed by atoms with Gasteiger partial charge < -0.3 is 9.42 Å². The zero-order valence-electron chi connectivity index (χ0n) is 9.94. The number of nitrogens with zero attached hydrogens (tertiary/aromatic N) is 4. The van der Waals surface area contributed by atoms with Crippen LogP contribution in [0, 0.1) is 13.8 Å². The summed E-state index contributed by atoms with van der Waals surface area (Å²) in [5.74, 6) is 2.15. The fourth-order valence-corrected chi connectivity index (χ4v) is 1.75. The van der Waals surface area contributed by atoms with E-state index < -0.39 is 0 Å². The van der Waals surface area contributed by atoms with E-state index in [4.69, 9.17) is 16.1 Å². The van der Waals surface area contributed by atoms with Gasteiger partial charge in [0.25, 0.3) is 0 Å². The number of aryl methyl sites for hydroxylation is 2. The van der Waals surface area contributed by atoms with E-state index in [1.54, 1.807) is 6.20 Å². The molecule has 0 atom stereocenters. The molecule has 0 amide bonds. The number of aromatic nitrogens is 3. The van der Waals surface area contributed by atoms with Crippen molar-refractivity contribution in [2.75, 3.05) is 11.9 Å². The third-order valence-corrected chi connectivity index (χ3v) is 2.54. The summed E-state index contributed by atoms with van der Waals surface area (Å²) in [6.45, 7) is 4.28. The van der Waals surface area contributed by atoms with Crippen molar-refractivity contribution in [1.29, 1.82) is 0 Å². The Labute approximate surface area is 104 Å². The summed E-state index contributed by atoms with van der Waals surface area (Å²) in [6, 6.07) is 1.89. The Kier molecular flexibility index (Phi) is 3.28. The fourth-order valence-electron chi connectivity index (χ4n) is 1.51. The minimum atomic E-state index is 0.523. The number of rotatable bonds is 3. The molecule has 2 aromatic heterocycles. The lowest BCUT2D eigenvalue weighted by Gasteiger charge is -2.17. The van der Waals surface area contributed by atoms with Crippen LogP contribution in [0.4, 0.5) is 5.82 Å². The average Bonchev–Trinajstić information content (AvgIpc) is 2.67. The molecule has 0 radical (unpaired) electrons. The maximum Gasteiger partial charge on any atom is 0.156 e. The highest BCUT2D eigenvalue weighted by Crippen LogP contribution is 2.22. The van der Waals surface area contributed by atoms with Crippen LogP contribution in [-0.2, 0) is 6.54 Å². The molecule has 0 unspecified atom stereocenters. The molecule has 6 heteroatoms. The Bertz CT molecular complexity index is 526. The van der Waals surface area contributed by atoms with Gasteiger partial charge in [-0.1, -0.05) is 16.8 Å². The van der Waals surface area contributed by atoms with Gasteiger partial charge in [-0.2, -0.15) is 0 Å². The van der Waals surface area contributed by atoms with Crippen LogP contribution in [-0.4, -0.2) is 22.2 Å². The minimum absolute atomic E-state index is 0.523. The van der Waals surface area contributed by atoms with Gasteiger partial charge >= 0.3 is 0 Å². The maximum atomic E-state index is 6.05. The van der Waals surface area contributed by atoms with Crippen molar-refractivity contribution in [1.82, 2.24) is 15.1 Å². The zero-order valence-corrected chi connectivity index (χ0v) is 10.7. The molecule has 17 heavy (non-hydrogen) atoms. The van der Waals surface area contributed by atoms with E-state index in [9.17, 15) is 0 Å². The molecule has 5 nitrogen and oxygen atoms in total. The van der Waals surface area contributed by atoms with Crippen LogP contribution in [0.15, 0.2) is 16.8 Å². The summed E-state index contributed by atoms with van der Waals surface area (Å²) in [7, 11) is 1.89. The quantitative estimate of drug-likeness (QED) is 0.839. The number of hydrogen-bond acceptors (Lipinski definition) is 5. The van der Waals surface area contributed by atoms with E-state index in [0.717, 1.165) is 11.5 Å². The van der Waals surface area contributed by atoms with Gasteiger partial charge in [0, 0.05) is 13.1 Å². The summed E-state index contributed by atoms with van der Waals surface area (Å²) in [6.07, 6.45) is 1.60. The molecular weight excluding hydrogens is 240 g/mol. The van der Waals surface area contributed by atoms with Gasteiger partial charge in [0.2, 0.25) is 0 Å². The first-order valence-corrected chi connectivity index (χ1v) is 5.56. The molecule has 0 aliphatic carbocycles. The van der Waals surface area contributed by atoms with E-state index in [1.807, 2.05) is 31.9 Å². The molecule has 2 heterocycles. The van der Waals surface area contributed by atoms with Crippen LogP contribution < -0.4 is 4.90 Å². The number of hydrogen-bond donors (Lipinski definition) is 0. The molecule has 0 fully saturated rings. The second-order valence-corrected chi connectivity index (χ2v) is 4.29. The molecule has 0 aliphatic heterocycles. The number of halogens is 1. The average molecular weight is 253 g/mol. The van der Waals surface area contributed by atoms with E-state index in [2.05, 4.69) is 15.1 Å². The Hall–Kier alpha value is -1.62. The molecular formula is C11H13ClN4O. The van der Waals surface area contributed by atoms with Crippen molar-refractivity contribution in [2.45, 2.75) is 20.4 Å². The predicted molar refractivity (Wildman–Crippen MR) is 65.1 cm³/mol. The Morgan fingerprint density at radius 2 is 2.18 bits per heavy atom. The minimum Gasteiger partial charge on any atom is -0.359 e. The molecule has 0 N–H and O–H groups in total. The van der Waals surface area contributed by atoms with Crippen molar-refractivity contribution < 1.29 is 4.52 Å². The third kappa shape index (κ3) is 2.74. The molecule has 0 saturated heterocycles. The molecule has 0 spiro atoms. The smallest absolute Gasteiger partial charge is 0.156 e. The van der Waals surface area contributed by atoms with Gasteiger partial charge in [-0.05, 0) is 13.8 Å². The van der Waals surface area contributed by atoms with Gasteiger partial charge in [-0.15, -0.1) is 0 Å². The SMILES string of the molecule is Cc1cc(CN(C)c2nc(C)ncc2Cl)on1. The van der Waals surface area contributed by atoms with E-state index in [0.29, 0.717) is 23.2 Å². The van der Waals surface area contributed by atoms with Crippen molar-refractivity contribution in [3.8, 4) is 0 Å². The molecule has 2 rings (SSSR count). The van der Waals surface area contributed by atoms with Gasteiger partial charge in [-0.3, -0.25) is 0 Å². The van der Waals surface area contributed by atoms with Crippen molar-refractivity contribution in [3.05, 3.63) is 34.6 Å². The second-order valence-electron chi connectivity index (χ2n) is 3.88. The first-order chi connectivity index (χ1) is 8.06. The highest BCUT2D eigenvalue weighted by Gasteiger charge is 2.11. The molecule has 90 valence electrons. The molecule has 2 aromatic rings. The van der Waals surface area contributed by atoms with E-state index >= 15 is 0 Å². The normalized spacial score (nSPS) is 10.6. The van der Waals surface area contributed by atoms with Gasteiger partial charge in [0.15, 0.2) is 11.6 Å². The summed E-state index contributed by atoms with van der Waals surface area (Å²) >= 11 is 6.05. The van der Waals surface area contributed by atoms with Crippen LogP contribution in [0.2, 0.25) is 5.02 Å². The Balaban J connectivity index is 2.19. The molecule has 0 aliphatic rings. The summed E-state index contributed by atoms with van der Waals surface area (Å²) in [5.41, 5.74) is 0.860. The topological polar surface area (TPSA) is 55.1 Å². The van der Waals surface area contributed by atoms with Crippen molar-refractivity contribution >= 4 is 17.4 Å². The summed E-state index contributed by atoms with van der Waals surface area (Å²) in [5, 5.41) is 4.36. The molecule has 0 saturated carbocycles. The van der Waals surface area contributed by atoms with E-state index in [1.165, 1.54) is 0 Å². The zero-order chi connectivity index (χ0) is 12.4. The lowest BCUT2D eigenvalue weighted by atomic mass is 10.3. The molecule has 0 bridgehead atoms. The first-order valence-electron chi connectivity index (χ1n) is 5.18. The monoisotopic (exact) mass is 252 g/mol. The highest BCUT2D eigenvalue weighted by atomic mass is 35.5. The first kappa shape index (κ1) is 11.9. The molecule has 0 aromatic carbocycles. The van der Waals surface area contributed by atoms with Crippen LogP contribution in [0.25, 0.3) is 0 Å². The maximum absolute atomic E-state index is 6.05. The van der Waals surface area contributed by atoms with Gasteiger partial charge in [-0.25, -0.2) is 9.97 Å². The Morgan fingerprint density at radius 1 is 1.41 bits per heavy atom. The van der Waals surface area contributed by atoms with Crippen LogP contribution in [0.1, 0.15) is 17.3 Å². The van der Waals surface area contributed by atoms with Crippen LogP contribution in [0.5, 0.6) is 0 Å². The fraction of sp³-hybridized carbons (Fsp3) is 0.364.